The van der Waals surface area contributed by atoms with Crippen LogP contribution in [0.2, 0.25) is 0 Å². The molecule has 0 bridgehead atoms. The smallest absolute Gasteiger partial charge is 0.413 e. The van der Waals surface area contributed by atoms with Gasteiger partial charge in [0.1, 0.15) is 29.5 Å². The number of rotatable bonds is 4. The molecule has 0 spiro atoms. The maximum absolute atomic E-state index is 13.0. The highest BCUT2D eigenvalue weighted by Gasteiger charge is 2.26. The van der Waals surface area contributed by atoms with Crippen LogP contribution >= 0.6 is 11.3 Å². The second kappa shape index (κ2) is 10.8. The maximum Gasteiger partial charge on any atom is 0.413 e. The molecule has 1 aromatic carbocycles. The van der Waals surface area contributed by atoms with Crippen molar-refractivity contribution in [2.75, 3.05) is 11.1 Å². The molecule has 204 valence electrons. The Kier molecular flexibility index (Phi) is 7.68. The summed E-state index contributed by atoms with van der Waals surface area (Å²) < 4.78 is 12.9. The number of carbonyl (C=O) groups is 1. The summed E-state index contributed by atoms with van der Waals surface area (Å²) in [5.41, 5.74) is 6.81. The van der Waals surface area contributed by atoms with Crippen molar-refractivity contribution in [1.29, 1.82) is 0 Å². The molecular formula is C27H31N7O4S. The second-order valence-electron chi connectivity index (χ2n) is 9.49. The Labute approximate surface area is 229 Å². The van der Waals surface area contributed by atoms with Crippen molar-refractivity contribution in [3.05, 3.63) is 58.7 Å². The second-order valence-corrected chi connectivity index (χ2v) is 10.5. The zero-order valence-corrected chi connectivity index (χ0v) is 23.7. The van der Waals surface area contributed by atoms with E-state index in [0.717, 1.165) is 0 Å². The van der Waals surface area contributed by atoms with Crippen LogP contribution in [-0.4, -0.2) is 36.4 Å². The van der Waals surface area contributed by atoms with Crippen molar-refractivity contribution >= 4 is 50.2 Å². The van der Waals surface area contributed by atoms with Crippen LogP contribution in [0.5, 0.6) is 0 Å². The van der Waals surface area contributed by atoms with Crippen molar-refractivity contribution in [1.82, 2.24) is 24.7 Å². The quantitative estimate of drug-likeness (QED) is 0.278. The van der Waals surface area contributed by atoms with Gasteiger partial charge in [-0.05, 0) is 40.7 Å². The van der Waals surface area contributed by atoms with Gasteiger partial charge in [-0.3, -0.25) is 5.32 Å². The summed E-state index contributed by atoms with van der Waals surface area (Å²) in [7, 11) is 0. The largest absolute Gasteiger partial charge is 0.444 e. The molecule has 0 saturated heterocycles. The third kappa shape index (κ3) is 5.46. The van der Waals surface area contributed by atoms with Crippen LogP contribution in [0.1, 0.15) is 59.0 Å². The summed E-state index contributed by atoms with van der Waals surface area (Å²) in [4.78, 5) is 38.8. The number of benzene rings is 1. The number of nitrogens with two attached hydrogens (primary N) is 1. The zero-order valence-electron chi connectivity index (χ0n) is 22.9. The van der Waals surface area contributed by atoms with Crippen LogP contribution in [0.4, 0.5) is 15.7 Å². The van der Waals surface area contributed by atoms with Crippen molar-refractivity contribution in [3.8, 4) is 10.4 Å². The summed E-state index contributed by atoms with van der Waals surface area (Å²) in [6.45, 7) is 13.0. The summed E-state index contributed by atoms with van der Waals surface area (Å²) in [5, 5.41) is 9.41. The maximum atomic E-state index is 13.0. The Morgan fingerprint density at radius 3 is 2.54 bits per heavy atom. The van der Waals surface area contributed by atoms with Crippen LogP contribution in [-0.2, 0) is 4.74 Å². The molecule has 11 nitrogen and oxygen atoms in total. The van der Waals surface area contributed by atoms with Gasteiger partial charge in [-0.25, -0.2) is 29.2 Å². The lowest BCUT2D eigenvalue weighted by Gasteiger charge is -2.19. The highest BCUT2D eigenvalue weighted by Crippen LogP contribution is 2.40. The molecule has 4 aromatic heterocycles. The Balaban J connectivity index is 0.00000172. The number of ether oxygens (including phenoxy) is 1. The molecule has 1 amide bonds. The Morgan fingerprint density at radius 1 is 1.15 bits per heavy atom. The Bertz CT molecular complexity index is 1720. The van der Waals surface area contributed by atoms with Crippen LogP contribution in [0.25, 0.3) is 32.2 Å². The fraction of sp³-hybridized carbons (Fsp3) is 0.333. The van der Waals surface area contributed by atoms with Gasteiger partial charge in [0, 0.05) is 17.1 Å². The first-order chi connectivity index (χ1) is 18.5. The van der Waals surface area contributed by atoms with E-state index in [-0.39, 0.29) is 0 Å². The van der Waals surface area contributed by atoms with Crippen LogP contribution < -0.4 is 16.7 Å². The number of nitrogens with one attached hydrogen (secondary N) is 1. The molecule has 0 fully saturated rings. The summed E-state index contributed by atoms with van der Waals surface area (Å²) in [6.07, 6.45) is 2.39. The molecule has 1 unspecified atom stereocenters. The molecule has 0 aliphatic heterocycles. The highest BCUT2D eigenvalue weighted by atomic mass is 32.1. The number of carbonyl (C=O) groups excluding carboxylic acids is 1. The lowest BCUT2D eigenvalue weighted by Crippen LogP contribution is -2.27. The minimum atomic E-state index is -0.649. The van der Waals surface area contributed by atoms with Gasteiger partial charge in [0.15, 0.2) is 10.8 Å². The van der Waals surface area contributed by atoms with E-state index in [1.807, 2.05) is 39.8 Å². The number of aryl methyl sites for hydroxylation is 1. The summed E-state index contributed by atoms with van der Waals surface area (Å²) in [6, 6.07) is 6.65. The molecule has 3 N–H and O–H groups in total. The van der Waals surface area contributed by atoms with Crippen LogP contribution in [0, 0.1) is 6.92 Å². The molecule has 5 rings (SSSR count). The minimum Gasteiger partial charge on any atom is -0.444 e. The SMILES string of the molecule is CC.Cc1nn(C(C)c2oc(=O)c3ccccc3c2-c2cnc(NC(=O)OC(C)(C)C)s2)c2ncnc(N)c12. The Hall–Kier alpha value is -4.32. The van der Waals surface area contributed by atoms with Gasteiger partial charge < -0.3 is 14.9 Å². The predicted molar refractivity (Wildman–Crippen MR) is 153 cm³/mol. The van der Waals surface area contributed by atoms with Crippen LogP contribution in [0.15, 0.2) is 46.0 Å². The minimum absolute atomic E-state index is 0.321. The number of nitrogens with zero attached hydrogens (tertiary/aromatic N) is 5. The number of nitrogen functional groups attached to an aromatic ring is 1. The number of thiazole rings is 1. The fourth-order valence-electron chi connectivity index (χ4n) is 4.15. The molecule has 12 heteroatoms. The lowest BCUT2D eigenvalue weighted by atomic mass is 10.0. The van der Waals surface area contributed by atoms with E-state index in [1.54, 1.807) is 43.8 Å². The van der Waals surface area contributed by atoms with Gasteiger partial charge in [0.2, 0.25) is 0 Å². The first kappa shape index (κ1) is 27.7. The molecule has 4 heterocycles. The van der Waals surface area contributed by atoms with E-state index in [9.17, 15) is 9.59 Å². The van der Waals surface area contributed by atoms with Crippen molar-refractivity contribution in [3.63, 3.8) is 0 Å². The number of hydrogen-bond donors (Lipinski definition) is 2. The molecule has 5 aromatic rings. The number of anilines is 2. The molecule has 0 radical (unpaired) electrons. The zero-order chi connectivity index (χ0) is 28.5. The van der Waals surface area contributed by atoms with Crippen molar-refractivity contribution < 1.29 is 13.9 Å². The van der Waals surface area contributed by atoms with E-state index < -0.39 is 23.4 Å². The highest BCUT2D eigenvalue weighted by molar-refractivity contribution is 7.19. The third-order valence-electron chi connectivity index (χ3n) is 5.66. The first-order valence-corrected chi connectivity index (χ1v) is 13.3. The number of amides is 1. The molecular weight excluding hydrogens is 518 g/mol. The van der Waals surface area contributed by atoms with Gasteiger partial charge in [0.05, 0.1) is 21.3 Å². The van der Waals surface area contributed by atoms with Crippen LogP contribution in [0.3, 0.4) is 0 Å². The predicted octanol–water partition coefficient (Wildman–Crippen LogP) is 5.93. The van der Waals surface area contributed by atoms with Gasteiger partial charge in [-0.15, -0.1) is 0 Å². The fourth-order valence-corrected chi connectivity index (χ4v) is 5.02. The average Bonchev–Trinajstić information content (AvgIpc) is 3.48. The monoisotopic (exact) mass is 549 g/mol. The number of fused-ring (bicyclic) bond motifs is 2. The topological polar surface area (TPSA) is 151 Å². The summed E-state index contributed by atoms with van der Waals surface area (Å²) in [5.74, 6) is 0.694. The number of hydrogen-bond acceptors (Lipinski definition) is 10. The molecule has 0 aliphatic rings. The molecule has 39 heavy (non-hydrogen) atoms. The standard InChI is InChI=1S/C25H25N7O4S.C2H6/c1-12-17-20(26)28-11-29-21(17)32(31-12)13(2)19-18(14-8-6-7-9-15(14)22(33)35-19)16-10-27-23(37-16)30-24(34)36-25(3,4)5;1-2/h6-11,13H,1-5H3,(H2,26,28,29)(H,27,30,34);1-2H3. The average molecular weight is 550 g/mol. The third-order valence-corrected chi connectivity index (χ3v) is 6.60. The van der Waals surface area contributed by atoms with E-state index in [1.165, 1.54) is 17.7 Å². The van der Waals surface area contributed by atoms with Crippen molar-refractivity contribution in [2.45, 2.75) is 60.1 Å². The normalized spacial score (nSPS) is 12.2. The van der Waals surface area contributed by atoms with E-state index in [2.05, 4.69) is 25.4 Å². The van der Waals surface area contributed by atoms with Gasteiger partial charge in [0.25, 0.3) is 0 Å². The van der Waals surface area contributed by atoms with E-state index >= 15 is 0 Å². The van der Waals surface area contributed by atoms with E-state index in [0.29, 0.717) is 54.7 Å². The van der Waals surface area contributed by atoms with Crippen molar-refractivity contribution in [2.24, 2.45) is 0 Å². The van der Waals surface area contributed by atoms with E-state index in [4.69, 9.17) is 14.9 Å². The molecule has 1 atom stereocenters. The Morgan fingerprint density at radius 2 is 1.85 bits per heavy atom. The first-order valence-electron chi connectivity index (χ1n) is 12.5. The number of aromatic nitrogens is 5. The molecule has 0 saturated carbocycles. The lowest BCUT2D eigenvalue weighted by molar-refractivity contribution is 0.0636. The van der Waals surface area contributed by atoms with Gasteiger partial charge in [-0.2, -0.15) is 5.10 Å². The summed E-state index contributed by atoms with van der Waals surface area (Å²) >= 11 is 1.24. The van der Waals surface area contributed by atoms with Gasteiger partial charge >= 0.3 is 11.7 Å². The molecule has 0 aliphatic carbocycles. The van der Waals surface area contributed by atoms with Gasteiger partial charge in [-0.1, -0.05) is 43.4 Å².